The average Bonchev–Trinajstić information content (AvgIpc) is 2.87. The van der Waals surface area contributed by atoms with Crippen LogP contribution in [0.3, 0.4) is 0 Å². The van der Waals surface area contributed by atoms with E-state index in [-0.39, 0.29) is 30.5 Å². The van der Waals surface area contributed by atoms with Gasteiger partial charge < -0.3 is 25.3 Å². The molecule has 154 valence electrons. The number of carbonyl (C=O) groups is 1. The normalized spacial score (nSPS) is 20.4. The van der Waals surface area contributed by atoms with Gasteiger partial charge in [-0.05, 0) is 43.5 Å². The van der Waals surface area contributed by atoms with E-state index in [0.717, 1.165) is 5.57 Å². The summed E-state index contributed by atoms with van der Waals surface area (Å²) in [5, 5.41) is 20.8. The molecule has 6 rings (SSSR count). The highest BCUT2D eigenvalue weighted by Crippen LogP contribution is 2.50. The van der Waals surface area contributed by atoms with E-state index in [9.17, 15) is 19.4 Å². The number of primary amides is 1. The maximum absolute atomic E-state index is 14.7. The number of hydrogen-bond acceptors (Lipinski definition) is 5. The molecule has 0 spiro atoms. The number of carbonyl (C=O) groups excluding carboxylic acids is 1. The second-order valence-electron chi connectivity index (χ2n) is 8.54. The summed E-state index contributed by atoms with van der Waals surface area (Å²) >= 11 is 0. The van der Waals surface area contributed by atoms with E-state index < -0.39 is 22.9 Å². The standard InChI is InChI=1S/C22H20FN3O4/c1-21(2,28)4-3-11-7-15-14(8-16(11)23)12-5-13(6-12)26-18(22(29)9-30-10-22)17(19(24)27)25-20(15)26/h5,7-8,13,28-29H,6,9-10H2,1-2H3,(H2,24,27). The zero-order chi connectivity index (χ0) is 21.4. The van der Waals surface area contributed by atoms with Crippen LogP contribution in [0, 0.1) is 17.7 Å². The lowest BCUT2D eigenvalue weighted by atomic mass is 9.85. The number of amides is 1. The van der Waals surface area contributed by atoms with Crippen molar-refractivity contribution >= 4 is 11.5 Å². The number of aliphatic hydroxyl groups is 2. The van der Waals surface area contributed by atoms with Gasteiger partial charge in [-0.1, -0.05) is 17.9 Å². The molecule has 4 aliphatic rings. The smallest absolute Gasteiger partial charge is 0.269 e. The van der Waals surface area contributed by atoms with Gasteiger partial charge in [0, 0.05) is 5.56 Å². The summed E-state index contributed by atoms with van der Waals surface area (Å²) in [4.78, 5) is 16.6. The predicted molar refractivity (Wildman–Crippen MR) is 106 cm³/mol. The Labute approximate surface area is 172 Å². The van der Waals surface area contributed by atoms with Gasteiger partial charge in [-0.15, -0.1) is 0 Å². The van der Waals surface area contributed by atoms with Crippen LogP contribution in [0.4, 0.5) is 4.39 Å². The molecule has 1 aliphatic carbocycles. The Bertz CT molecular complexity index is 1210. The largest absolute Gasteiger partial charge is 0.379 e. The number of ether oxygens (including phenoxy) is 1. The molecule has 1 aromatic heterocycles. The van der Waals surface area contributed by atoms with Gasteiger partial charge in [-0.25, -0.2) is 9.37 Å². The molecule has 4 N–H and O–H groups in total. The number of allylic oxidation sites excluding steroid dienone is 2. The quantitative estimate of drug-likeness (QED) is 0.651. The van der Waals surface area contributed by atoms with Crippen molar-refractivity contribution in [1.29, 1.82) is 0 Å². The zero-order valence-electron chi connectivity index (χ0n) is 16.5. The molecule has 2 bridgehead atoms. The number of halogens is 1. The van der Waals surface area contributed by atoms with Gasteiger partial charge in [0.25, 0.3) is 5.91 Å². The molecular formula is C22H20FN3O4. The first-order valence-corrected chi connectivity index (χ1v) is 9.60. The minimum atomic E-state index is -1.35. The zero-order valence-corrected chi connectivity index (χ0v) is 16.5. The van der Waals surface area contributed by atoms with Crippen molar-refractivity contribution < 1.29 is 24.1 Å². The Morgan fingerprint density at radius 1 is 1.40 bits per heavy atom. The molecule has 1 amide bonds. The molecule has 1 unspecified atom stereocenters. The van der Waals surface area contributed by atoms with Gasteiger partial charge in [0.2, 0.25) is 0 Å². The fourth-order valence-corrected chi connectivity index (χ4v) is 4.12. The summed E-state index contributed by atoms with van der Waals surface area (Å²) < 4.78 is 21.7. The molecule has 1 saturated heterocycles. The third-order valence-corrected chi connectivity index (χ3v) is 5.62. The molecule has 1 atom stereocenters. The Morgan fingerprint density at radius 2 is 2.10 bits per heavy atom. The van der Waals surface area contributed by atoms with Crippen molar-refractivity contribution in [2.45, 2.75) is 37.5 Å². The molecule has 1 aromatic carbocycles. The number of nitrogens with two attached hydrogens (primary N) is 1. The van der Waals surface area contributed by atoms with Crippen LogP contribution in [0.2, 0.25) is 0 Å². The first-order valence-electron chi connectivity index (χ1n) is 9.60. The van der Waals surface area contributed by atoms with Gasteiger partial charge in [-0.2, -0.15) is 0 Å². The van der Waals surface area contributed by atoms with Crippen molar-refractivity contribution in [2.75, 3.05) is 13.2 Å². The molecule has 1 fully saturated rings. The molecule has 8 heteroatoms. The Morgan fingerprint density at radius 3 is 2.67 bits per heavy atom. The van der Waals surface area contributed by atoms with E-state index >= 15 is 0 Å². The Balaban J connectivity index is 1.77. The molecular weight excluding hydrogens is 389 g/mol. The minimum Gasteiger partial charge on any atom is -0.379 e. The molecule has 2 aromatic rings. The van der Waals surface area contributed by atoms with Crippen molar-refractivity contribution in [2.24, 2.45) is 5.73 Å². The predicted octanol–water partition coefficient (Wildman–Crippen LogP) is 1.47. The Hall–Kier alpha value is -2.99. The molecule has 0 radical (unpaired) electrons. The van der Waals surface area contributed by atoms with Gasteiger partial charge >= 0.3 is 0 Å². The summed E-state index contributed by atoms with van der Waals surface area (Å²) in [5.41, 5.74) is 5.60. The topological polar surface area (TPSA) is 111 Å². The maximum Gasteiger partial charge on any atom is 0.269 e. The van der Waals surface area contributed by atoms with E-state index in [4.69, 9.17) is 10.5 Å². The molecule has 4 heterocycles. The first kappa shape index (κ1) is 19.0. The van der Waals surface area contributed by atoms with Crippen molar-refractivity contribution in [3.63, 3.8) is 0 Å². The van der Waals surface area contributed by atoms with Gasteiger partial charge in [0.1, 0.15) is 17.2 Å². The van der Waals surface area contributed by atoms with E-state index in [1.54, 1.807) is 6.07 Å². The monoisotopic (exact) mass is 409 g/mol. The van der Waals surface area contributed by atoms with Crippen LogP contribution in [0.15, 0.2) is 18.2 Å². The number of hydrogen-bond donors (Lipinski definition) is 3. The van der Waals surface area contributed by atoms with E-state index in [1.165, 1.54) is 19.9 Å². The lowest BCUT2D eigenvalue weighted by Gasteiger charge is -2.39. The lowest BCUT2D eigenvalue weighted by Crippen LogP contribution is -2.49. The average molecular weight is 409 g/mol. The number of nitrogens with zero attached hydrogens (tertiary/aromatic N) is 2. The second kappa shape index (κ2) is 6.01. The van der Waals surface area contributed by atoms with Gasteiger partial charge in [0.05, 0.1) is 30.5 Å². The summed E-state index contributed by atoms with van der Waals surface area (Å²) in [7, 11) is 0. The van der Waals surface area contributed by atoms with E-state index in [2.05, 4.69) is 16.8 Å². The van der Waals surface area contributed by atoms with Crippen LogP contribution in [0.1, 0.15) is 53.6 Å². The summed E-state index contributed by atoms with van der Waals surface area (Å²) in [6, 6.07) is 2.84. The first-order chi connectivity index (χ1) is 14.1. The highest BCUT2D eigenvalue weighted by atomic mass is 19.1. The maximum atomic E-state index is 14.7. The SMILES string of the molecule is CC(C)(O)C#Cc1cc2c(cc1F)C1=CC(C1)n1c-2nc(C(N)=O)c1C1(O)COC1. The lowest BCUT2D eigenvalue weighted by molar-refractivity contribution is -0.188. The third-order valence-electron chi connectivity index (χ3n) is 5.62. The number of imidazole rings is 1. The molecule has 30 heavy (non-hydrogen) atoms. The van der Waals surface area contributed by atoms with Crippen LogP contribution in [0.25, 0.3) is 17.0 Å². The van der Waals surface area contributed by atoms with Crippen LogP contribution < -0.4 is 5.73 Å². The van der Waals surface area contributed by atoms with Gasteiger partial charge in [0.15, 0.2) is 11.3 Å². The van der Waals surface area contributed by atoms with Crippen molar-refractivity contribution in [3.05, 3.63) is 46.5 Å². The minimum absolute atomic E-state index is 0.0149. The molecule has 7 nitrogen and oxygen atoms in total. The number of rotatable bonds is 2. The third kappa shape index (κ3) is 2.70. The number of benzene rings is 1. The van der Waals surface area contributed by atoms with Crippen molar-refractivity contribution in [3.8, 4) is 23.2 Å². The van der Waals surface area contributed by atoms with Crippen LogP contribution >= 0.6 is 0 Å². The van der Waals surface area contributed by atoms with Gasteiger partial charge in [-0.3, -0.25) is 4.79 Å². The van der Waals surface area contributed by atoms with E-state index in [0.29, 0.717) is 29.1 Å². The highest BCUT2D eigenvalue weighted by molar-refractivity contribution is 5.95. The van der Waals surface area contributed by atoms with E-state index in [1.807, 2.05) is 10.6 Å². The summed E-state index contributed by atoms with van der Waals surface area (Å²) in [6.07, 6.45) is 2.59. The fraction of sp³-hybridized carbons (Fsp3) is 0.364. The molecule has 0 saturated carbocycles. The van der Waals surface area contributed by atoms with Crippen LogP contribution in [-0.4, -0.2) is 44.5 Å². The summed E-state index contributed by atoms with van der Waals surface area (Å²) in [6.45, 7) is 3.11. The van der Waals surface area contributed by atoms with Crippen LogP contribution in [-0.2, 0) is 10.3 Å². The molecule has 3 aliphatic heterocycles. The van der Waals surface area contributed by atoms with Crippen molar-refractivity contribution in [1.82, 2.24) is 9.55 Å². The fourth-order valence-electron chi connectivity index (χ4n) is 4.12. The van der Waals surface area contributed by atoms with Crippen LogP contribution in [0.5, 0.6) is 0 Å². The highest BCUT2D eigenvalue weighted by Gasteiger charge is 2.47. The summed E-state index contributed by atoms with van der Waals surface area (Å²) in [5.74, 6) is 4.48. The number of aromatic nitrogens is 2. The Kier molecular flexibility index (Phi) is 3.81. The second-order valence-corrected chi connectivity index (χ2v) is 8.54.